The number of rotatable bonds is 8. The van der Waals surface area contributed by atoms with Crippen LogP contribution in [0.5, 0.6) is 0 Å². The molecule has 7 nitrogen and oxygen atoms in total. The molecule has 1 aliphatic rings. The van der Waals surface area contributed by atoms with Gasteiger partial charge in [0.05, 0.1) is 22.9 Å². The molecule has 0 radical (unpaired) electrons. The lowest BCUT2D eigenvalue weighted by atomic mass is 10.1. The van der Waals surface area contributed by atoms with Crippen LogP contribution in [0.4, 0.5) is 10.1 Å². The van der Waals surface area contributed by atoms with Gasteiger partial charge in [0, 0.05) is 12.1 Å². The molecule has 1 aromatic heterocycles. The number of likely N-dealkylation sites (tertiary alicyclic amines) is 1. The second kappa shape index (κ2) is 9.54. The van der Waals surface area contributed by atoms with Crippen molar-refractivity contribution in [3.05, 3.63) is 84.1 Å². The Morgan fingerprint density at radius 3 is 2.56 bits per heavy atom. The van der Waals surface area contributed by atoms with Crippen LogP contribution in [0.15, 0.2) is 76.2 Å². The molecule has 0 bridgehead atoms. The molecule has 3 aromatic rings. The highest BCUT2D eigenvalue weighted by Crippen LogP contribution is 2.25. The summed E-state index contributed by atoms with van der Waals surface area (Å²) in [5.41, 5.74) is 0.0373. The van der Waals surface area contributed by atoms with Gasteiger partial charge in [-0.2, -0.15) is 0 Å². The quantitative estimate of drug-likeness (QED) is 0.537. The molecule has 0 spiro atoms. The fourth-order valence-corrected chi connectivity index (χ4v) is 4.90. The Kier molecular flexibility index (Phi) is 6.57. The molecular weight excluding hydrogens is 433 g/mol. The number of furan rings is 1. The lowest BCUT2D eigenvalue weighted by Gasteiger charge is -2.26. The molecule has 1 fully saturated rings. The molecular formula is C23H24FN3O4S. The van der Waals surface area contributed by atoms with Gasteiger partial charge >= 0.3 is 0 Å². The minimum Gasteiger partial charge on any atom is -0.468 e. The Hall–Kier alpha value is -3.17. The van der Waals surface area contributed by atoms with Crippen LogP contribution >= 0.6 is 0 Å². The highest BCUT2D eigenvalue weighted by Gasteiger charge is 2.26. The topological polar surface area (TPSA) is 91.7 Å². The summed E-state index contributed by atoms with van der Waals surface area (Å²) in [4.78, 5) is 14.9. The first-order chi connectivity index (χ1) is 15.4. The number of benzene rings is 2. The van der Waals surface area contributed by atoms with Crippen LogP contribution in [0.3, 0.4) is 0 Å². The molecule has 32 heavy (non-hydrogen) atoms. The van der Waals surface area contributed by atoms with Gasteiger partial charge in [-0.25, -0.2) is 12.8 Å². The van der Waals surface area contributed by atoms with Crippen LogP contribution in [0.2, 0.25) is 0 Å². The van der Waals surface area contributed by atoms with Crippen molar-refractivity contribution < 1.29 is 22.0 Å². The number of halogens is 1. The van der Waals surface area contributed by atoms with Crippen molar-refractivity contribution in [1.82, 2.24) is 10.2 Å². The van der Waals surface area contributed by atoms with E-state index in [1.807, 2.05) is 12.1 Å². The van der Waals surface area contributed by atoms with Gasteiger partial charge in [0.25, 0.3) is 15.9 Å². The molecule has 1 aliphatic heterocycles. The first-order valence-electron chi connectivity index (χ1n) is 10.4. The number of anilines is 1. The van der Waals surface area contributed by atoms with Crippen molar-refractivity contribution in [2.75, 3.05) is 24.4 Å². The van der Waals surface area contributed by atoms with Gasteiger partial charge in [-0.1, -0.05) is 18.2 Å². The third-order valence-electron chi connectivity index (χ3n) is 5.43. The molecule has 4 rings (SSSR count). The van der Waals surface area contributed by atoms with E-state index >= 15 is 0 Å². The van der Waals surface area contributed by atoms with Crippen LogP contribution in [0.1, 0.15) is 35.0 Å². The molecule has 2 N–H and O–H groups in total. The zero-order valence-corrected chi connectivity index (χ0v) is 18.1. The summed E-state index contributed by atoms with van der Waals surface area (Å²) in [6.45, 7) is 2.18. The van der Waals surface area contributed by atoms with Crippen molar-refractivity contribution in [3.8, 4) is 0 Å². The fraction of sp³-hybridized carbons (Fsp3) is 0.261. The third-order valence-corrected chi connectivity index (χ3v) is 6.80. The Morgan fingerprint density at radius 1 is 1.06 bits per heavy atom. The van der Waals surface area contributed by atoms with E-state index < -0.39 is 21.7 Å². The van der Waals surface area contributed by atoms with Crippen LogP contribution < -0.4 is 10.0 Å². The monoisotopic (exact) mass is 457 g/mol. The van der Waals surface area contributed by atoms with Crippen molar-refractivity contribution in [2.45, 2.75) is 23.8 Å². The molecule has 1 amide bonds. The highest BCUT2D eigenvalue weighted by atomic mass is 32.2. The zero-order chi connectivity index (χ0) is 22.6. The SMILES string of the molecule is O=C(NCC(c1ccco1)N1CCCC1)c1cccc(S(=O)(=O)Nc2ccccc2F)c1. The molecule has 9 heteroatoms. The normalized spacial score (nSPS) is 15.4. The summed E-state index contributed by atoms with van der Waals surface area (Å²) in [5.74, 6) is -0.308. The standard InChI is InChI=1S/C23H24FN3O4S/c24-19-9-1-2-10-20(19)26-32(29,30)18-8-5-7-17(15-18)23(28)25-16-21(22-11-6-14-31-22)27-12-3-4-13-27/h1-2,5-11,14-15,21,26H,3-4,12-13,16H2,(H,25,28). The van der Waals surface area contributed by atoms with Gasteiger partial charge in [-0.3, -0.25) is 14.4 Å². The molecule has 1 saturated heterocycles. The summed E-state index contributed by atoms with van der Waals surface area (Å²) in [7, 11) is -4.06. The number of para-hydroxylation sites is 1. The molecule has 0 saturated carbocycles. The lowest BCUT2D eigenvalue weighted by molar-refractivity contribution is 0.0933. The maximum atomic E-state index is 13.9. The largest absolute Gasteiger partial charge is 0.468 e. The van der Waals surface area contributed by atoms with E-state index in [2.05, 4.69) is 14.9 Å². The van der Waals surface area contributed by atoms with E-state index in [1.54, 1.807) is 6.26 Å². The molecule has 2 aromatic carbocycles. The smallest absolute Gasteiger partial charge is 0.262 e. The van der Waals surface area contributed by atoms with Crippen molar-refractivity contribution in [2.24, 2.45) is 0 Å². The number of hydrogen-bond donors (Lipinski definition) is 2. The Bertz CT molecular complexity index is 1180. The maximum Gasteiger partial charge on any atom is 0.262 e. The second-order valence-corrected chi connectivity index (χ2v) is 9.28. The Balaban J connectivity index is 1.47. The predicted molar refractivity (Wildman–Crippen MR) is 118 cm³/mol. The summed E-state index contributed by atoms with van der Waals surface area (Å²) < 4.78 is 47.0. The third kappa shape index (κ3) is 5.00. The number of nitrogens with zero attached hydrogens (tertiary/aromatic N) is 1. The van der Waals surface area contributed by atoms with E-state index in [1.165, 1.54) is 42.5 Å². The first kappa shape index (κ1) is 22.0. The van der Waals surface area contributed by atoms with Crippen molar-refractivity contribution in [1.29, 1.82) is 0 Å². The number of hydrogen-bond acceptors (Lipinski definition) is 5. The van der Waals surface area contributed by atoms with Gasteiger partial charge in [0.2, 0.25) is 0 Å². The van der Waals surface area contributed by atoms with E-state index in [4.69, 9.17) is 4.42 Å². The van der Waals surface area contributed by atoms with E-state index in [0.717, 1.165) is 37.8 Å². The van der Waals surface area contributed by atoms with Gasteiger partial charge in [0.1, 0.15) is 11.6 Å². The van der Waals surface area contributed by atoms with Crippen LogP contribution in [-0.4, -0.2) is 38.9 Å². The first-order valence-corrected chi connectivity index (χ1v) is 11.9. The summed E-state index contributed by atoms with van der Waals surface area (Å²) in [6.07, 6.45) is 3.80. The van der Waals surface area contributed by atoms with Crippen molar-refractivity contribution in [3.63, 3.8) is 0 Å². The van der Waals surface area contributed by atoms with Crippen LogP contribution in [-0.2, 0) is 10.0 Å². The van der Waals surface area contributed by atoms with Gasteiger partial charge in [0.15, 0.2) is 0 Å². The lowest BCUT2D eigenvalue weighted by Crippen LogP contribution is -2.36. The predicted octanol–water partition coefficient (Wildman–Crippen LogP) is 3.79. The molecule has 1 unspecified atom stereocenters. The van der Waals surface area contributed by atoms with E-state index in [9.17, 15) is 17.6 Å². The van der Waals surface area contributed by atoms with E-state index in [0.29, 0.717) is 6.54 Å². The number of amides is 1. The van der Waals surface area contributed by atoms with E-state index in [-0.39, 0.29) is 22.2 Å². The van der Waals surface area contributed by atoms with Gasteiger partial charge in [-0.15, -0.1) is 0 Å². The van der Waals surface area contributed by atoms with Gasteiger partial charge < -0.3 is 9.73 Å². The maximum absolute atomic E-state index is 13.9. The van der Waals surface area contributed by atoms with Crippen molar-refractivity contribution >= 4 is 21.6 Å². The minimum atomic E-state index is -4.06. The Morgan fingerprint density at radius 2 is 1.84 bits per heavy atom. The molecule has 0 aliphatic carbocycles. The minimum absolute atomic E-state index is 0.0916. The average molecular weight is 458 g/mol. The summed E-state index contributed by atoms with van der Waals surface area (Å²) >= 11 is 0. The Labute approximate surface area is 186 Å². The summed E-state index contributed by atoms with van der Waals surface area (Å²) in [5, 5.41) is 2.89. The average Bonchev–Trinajstić information content (AvgIpc) is 3.50. The molecule has 168 valence electrons. The molecule has 2 heterocycles. The number of sulfonamides is 1. The fourth-order valence-electron chi connectivity index (χ4n) is 3.79. The van der Waals surface area contributed by atoms with Crippen LogP contribution in [0.25, 0.3) is 0 Å². The number of carbonyl (C=O) groups excluding carboxylic acids is 1. The molecule has 1 atom stereocenters. The zero-order valence-electron chi connectivity index (χ0n) is 17.3. The number of carbonyl (C=O) groups is 1. The highest BCUT2D eigenvalue weighted by molar-refractivity contribution is 7.92. The summed E-state index contributed by atoms with van der Waals surface area (Å²) in [6, 6.07) is 14.8. The second-order valence-electron chi connectivity index (χ2n) is 7.60. The van der Waals surface area contributed by atoms with Gasteiger partial charge in [-0.05, 0) is 68.4 Å². The number of nitrogens with one attached hydrogen (secondary N) is 2. The van der Waals surface area contributed by atoms with Crippen LogP contribution in [0, 0.1) is 5.82 Å².